The molecule has 6 nitrogen and oxygen atoms in total. The lowest BCUT2D eigenvalue weighted by Crippen LogP contribution is -2.45. The number of piperidine rings is 1. The van der Waals surface area contributed by atoms with Crippen molar-refractivity contribution < 1.29 is 13.2 Å². The average molecular weight is 334 g/mol. The number of nitrogens with one attached hydrogen (secondary N) is 3. The van der Waals surface area contributed by atoms with E-state index in [0.717, 1.165) is 19.4 Å². The maximum atomic E-state index is 12.2. The van der Waals surface area contributed by atoms with Crippen LogP contribution < -0.4 is 15.4 Å². The van der Waals surface area contributed by atoms with Crippen molar-refractivity contribution in [2.75, 3.05) is 18.4 Å². The Labute approximate surface area is 131 Å². The highest BCUT2D eigenvalue weighted by Gasteiger charge is 2.21. The summed E-state index contributed by atoms with van der Waals surface area (Å²) >= 11 is 0. The third kappa shape index (κ3) is 5.28. The number of rotatable bonds is 4. The van der Waals surface area contributed by atoms with Crippen molar-refractivity contribution in [1.82, 2.24) is 10.0 Å². The van der Waals surface area contributed by atoms with Gasteiger partial charge in [0.2, 0.25) is 15.9 Å². The highest BCUT2D eigenvalue weighted by Crippen LogP contribution is 2.15. The molecule has 1 aromatic carbocycles. The number of hydrogen-bond donors (Lipinski definition) is 3. The van der Waals surface area contributed by atoms with Crippen LogP contribution in [0.3, 0.4) is 0 Å². The van der Waals surface area contributed by atoms with Crippen molar-refractivity contribution in [3.05, 3.63) is 24.3 Å². The van der Waals surface area contributed by atoms with Crippen molar-refractivity contribution in [3.8, 4) is 0 Å². The maximum Gasteiger partial charge on any atom is 0.240 e. The zero-order valence-electron chi connectivity index (χ0n) is 11.8. The fourth-order valence-corrected chi connectivity index (χ4v) is 3.43. The quantitative estimate of drug-likeness (QED) is 0.770. The summed E-state index contributed by atoms with van der Waals surface area (Å²) in [6.07, 6.45) is 1.81. The van der Waals surface area contributed by atoms with Crippen molar-refractivity contribution in [2.24, 2.45) is 0 Å². The van der Waals surface area contributed by atoms with E-state index >= 15 is 0 Å². The van der Waals surface area contributed by atoms with E-state index in [4.69, 9.17) is 0 Å². The fraction of sp³-hybridized carbons (Fsp3) is 0.462. The topological polar surface area (TPSA) is 87.3 Å². The lowest BCUT2D eigenvalue weighted by molar-refractivity contribution is -0.114. The third-order valence-corrected chi connectivity index (χ3v) is 4.64. The standard InChI is InChI=1S/C13H19N3O3S.ClH/c1-10(17)15-11-4-6-13(7-5-11)20(18,19)16-12-3-2-8-14-9-12;/h4-7,12,14,16H,2-3,8-9H2,1H3,(H,15,17);1H/t12-;/m0./s1. The van der Waals surface area contributed by atoms with Crippen LogP contribution >= 0.6 is 12.4 Å². The molecule has 118 valence electrons. The molecule has 0 radical (unpaired) electrons. The predicted octanol–water partition coefficient (Wildman–Crippen LogP) is 1.10. The van der Waals surface area contributed by atoms with Gasteiger partial charge in [-0.15, -0.1) is 12.4 Å². The minimum atomic E-state index is -3.51. The summed E-state index contributed by atoms with van der Waals surface area (Å²) in [5.41, 5.74) is 0.579. The minimum absolute atomic E-state index is 0. The molecule has 1 aromatic rings. The number of halogens is 1. The maximum absolute atomic E-state index is 12.2. The molecule has 0 spiro atoms. The van der Waals surface area contributed by atoms with Gasteiger partial charge in [-0.05, 0) is 43.7 Å². The van der Waals surface area contributed by atoms with Gasteiger partial charge >= 0.3 is 0 Å². The molecule has 1 atom stereocenters. The monoisotopic (exact) mass is 333 g/mol. The number of carbonyl (C=O) groups excluding carboxylic acids is 1. The van der Waals surface area contributed by atoms with E-state index in [1.807, 2.05) is 0 Å². The molecule has 1 heterocycles. The Hall–Kier alpha value is -1.15. The second-order valence-electron chi connectivity index (χ2n) is 4.87. The first kappa shape index (κ1) is 17.9. The SMILES string of the molecule is CC(=O)Nc1ccc(S(=O)(=O)N[C@H]2CCCNC2)cc1.Cl. The molecule has 1 aliphatic heterocycles. The largest absolute Gasteiger partial charge is 0.326 e. The van der Waals surface area contributed by atoms with Gasteiger partial charge in [0, 0.05) is 25.2 Å². The molecule has 0 aliphatic carbocycles. The Morgan fingerprint density at radius 3 is 2.48 bits per heavy atom. The number of anilines is 1. The Morgan fingerprint density at radius 1 is 1.29 bits per heavy atom. The van der Waals surface area contributed by atoms with Crippen molar-refractivity contribution in [3.63, 3.8) is 0 Å². The van der Waals surface area contributed by atoms with Gasteiger partial charge in [-0.25, -0.2) is 13.1 Å². The van der Waals surface area contributed by atoms with Crippen LogP contribution in [0.2, 0.25) is 0 Å². The Kier molecular flexibility index (Phi) is 6.60. The summed E-state index contributed by atoms with van der Waals surface area (Å²) in [6.45, 7) is 3.00. The lowest BCUT2D eigenvalue weighted by Gasteiger charge is -2.23. The second kappa shape index (κ2) is 7.74. The first-order chi connectivity index (χ1) is 9.47. The molecule has 0 unspecified atom stereocenters. The normalized spacial score (nSPS) is 18.6. The van der Waals surface area contributed by atoms with Gasteiger partial charge in [0.1, 0.15) is 0 Å². The van der Waals surface area contributed by atoms with Crippen molar-refractivity contribution in [2.45, 2.75) is 30.7 Å². The molecule has 8 heteroatoms. The van der Waals surface area contributed by atoms with Gasteiger partial charge in [0.05, 0.1) is 4.90 Å². The van der Waals surface area contributed by atoms with Gasteiger partial charge in [-0.3, -0.25) is 4.79 Å². The van der Waals surface area contributed by atoms with Gasteiger partial charge < -0.3 is 10.6 Å². The van der Waals surface area contributed by atoms with E-state index in [2.05, 4.69) is 15.4 Å². The van der Waals surface area contributed by atoms with Crippen molar-refractivity contribution >= 4 is 34.0 Å². The van der Waals surface area contributed by atoms with Gasteiger partial charge in [-0.1, -0.05) is 0 Å². The molecule has 1 aliphatic rings. The highest BCUT2D eigenvalue weighted by atomic mass is 35.5. The molecular weight excluding hydrogens is 314 g/mol. The minimum Gasteiger partial charge on any atom is -0.326 e. The average Bonchev–Trinajstić information content (AvgIpc) is 2.39. The molecule has 0 aromatic heterocycles. The summed E-state index contributed by atoms with van der Waals surface area (Å²) in [5, 5.41) is 5.77. The molecule has 1 saturated heterocycles. The zero-order chi connectivity index (χ0) is 14.6. The van der Waals surface area contributed by atoms with Crippen LogP contribution in [0.4, 0.5) is 5.69 Å². The first-order valence-corrected chi connectivity index (χ1v) is 8.06. The number of sulfonamides is 1. The van der Waals surface area contributed by atoms with E-state index in [0.29, 0.717) is 12.2 Å². The molecular formula is C13H20ClN3O3S. The lowest BCUT2D eigenvalue weighted by atomic mass is 10.1. The number of carbonyl (C=O) groups is 1. The van der Waals surface area contributed by atoms with Crippen LogP contribution in [-0.4, -0.2) is 33.5 Å². The van der Waals surface area contributed by atoms with Gasteiger partial charge in [0.15, 0.2) is 0 Å². The summed E-state index contributed by atoms with van der Waals surface area (Å²) in [4.78, 5) is 11.1. The zero-order valence-corrected chi connectivity index (χ0v) is 13.4. The number of hydrogen-bond acceptors (Lipinski definition) is 4. The van der Waals surface area contributed by atoms with Crippen LogP contribution in [0.5, 0.6) is 0 Å². The van der Waals surface area contributed by atoms with Gasteiger partial charge in [0.25, 0.3) is 0 Å². The number of amides is 1. The Balaban J connectivity index is 0.00000220. The van der Waals surface area contributed by atoms with E-state index in [-0.39, 0.29) is 29.3 Å². The number of benzene rings is 1. The highest BCUT2D eigenvalue weighted by molar-refractivity contribution is 7.89. The fourth-order valence-electron chi connectivity index (χ4n) is 2.16. The van der Waals surface area contributed by atoms with Crippen molar-refractivity contribution in [1.29, 1.82) is 0 Å². The van der Waals surface area contributed by atoms with E-state index in [9.17, 15) is 13.2 Å². The van der Waals surface area contributed by atoms with E-state index in [1.54, 1.807) is 12.1 Å². The molecule has 0 bridgehead atoms. The molecule has 2 rings (SSSR count). The summed E-state index contributed by atoms with van der Waals surface area (Å²) in [6, 6.07) is 6.07. The second-order valence-corrected chi connectivity index (χ2v) is 6.58. The first-order valence-electron chi connectivity index (χ1n) is 6.58. The van der Waals surface area contributed by atoms with Crippen LogP contribution in [-0.2, 0) is 14.8 Å². The predicted molar refractivity (Wildman–Crippen MR) is 84.2 cm³/mol. The molecule has 21 heavy (non-hydrogen) atoms. The van der Waals surface area contributed by atoms with Crippen LogP contribution in [0.15, 0.2) is 29.2 Å². The molecule has 3 N–H and O–H groups in total. The Morgan fingerprint density at radius 2 is 1.95 bits per heavy atom. The van der Waals surface area contributed by atoms with E-state index in [1.165, 1.54) is 19.1 Å². The summed E-state index contributed by atoms with van der Waals surface area (Å²) in [5.74, 6) is -0.188. The van der Waals surface area contributed by atoms with E-state index < -0.39 is 10.0 Å². The molecule has 1 amide bonds. The summed E-state index contributed by atoms with van der Waals surface area (Å²) < 4.78 is 27.1. The Bertz CT molecular complexity index is 569. The van der Waals surface area contributed by atoms with Crippen LogP contribution in [0, 0.1) is 0 Å². The van der Waals surface area contributed by atoms with Gasteiger partial charge in [-0.2, -0.15) is 0 Å². The molecule has 0 saturated carbocycles. The summed E-state index contributed by atoms with van der Waals surface area (Å²) in [7, 11) is -3.51. The smallest absolute Gasteiger partial charge is 0.240 e. The third-order valence-electron chi connectivity index (χ3n) is 3.10. The van der Waals surface area contributed by atoms with Crippen LogP contribution in [0.1, 0.15) is 19.8 Å². The van der Waals surface area contributed by atoms with Crippen LogP contribution in [0.25, 0.3) is 0 Å². The molecule has 1 fully saturated rings.